The molecule has 9 heteroatoms. The van der Waals surface area contributed by atoms with E-state index in [0.717, 1.165) is 4.57 Å². The molecular weight excluding hydrogens is 375 g/mol. The van der Waals surface area contributed by atoms with E-state index in [9.17, 15) is 14.0 Å². The summed E-state index contributed by atoms with van der Waals surface area (Å²) in [5.74, 6) is -0.507. The van der Waals surface area contributed by atoms with E-state index in [1.54, 1.807) is 43.6 Å². The smallest absolute Gasteiger partial charge is 0.264 e. The number of nitrogens with zero attached hydrogens (tertiary/aromatic N) is 5. The second-order valence-electron chi connectivity index (χ2n) is 6.36. The van der Waals surface area contributed by atoms with E-state index in [1.807, 2.05) is 0 Å². The molecule has 1 amide bonds. The van der Waals surface area contributed by atoms with Crippen molar-refractivity contribution in [2.45, 2.75) is 13.5 Å². The number of amides is 1. The molecule has 0 radical (unpaired) electrons. The average molecular weight is 390 g/mol. The van der Waals surface area contributed by atoms with Crippen LogP contribution in [0, 0.1) is 12.7 Å². The van der Waals surface area contributed by atoms with Crippen LogP contribution >= 0.6 is 0 Å². The number of hydrogen-bond donors (Lipinski definition) is 1. The van der Waals surface area contributed by atoms with Gasteiger partial charge in [0.05, 0.1) is 0 Å². The monoisotopic (exact) mass is 390 g/mol. The van der Waals surface area contributed by atoms with Crippen molar-refractivity contribution in [1.29, 1.82) is 0 Å². The van der Waals surface area contributed by atoms with Crippen molar-refractivity contribution in [1.82, 2.24) is 24.5 Å². The first-order valence-electron chi connectivity index (χ1n) is 8.70. The Bertz CT molecular complexity index is 1270. The van der Waals surface area contributed by atoms with E-state index in [2.05, 4.69) is 25.3 Å². The van der Waals surface area contributed by atoms with E-state index >= 15 is 0 Å². The molecule has 8 nitrogen and oxygen atoms in total. The summed E-state index contributed by atoms with van der Waals surface area (Å²) in [5.41, 5.74) is 1.26. The third-order valence-corrected chi connectivity index (χ3v) is 4.27. The van der Waals surface area contributed by atoms with Crippen LogP contribution in [-0.4, -0.2) is 30.4 Å². The normalized spacial score (nSPS) is 10.8. The first-order valence-corrected chi connectivity index (χ1v) is 8.70. The molecule has 0 bridgehead atoms. The lowest BCUT2D eigenvalue weighted by Crippen LogP contribution is -2.28. The van der Waals surface area contributed by atoms with Crippen LogP contribution in [0.1, 0.15) is 5.56 Å². The Morgan fingerprint density at radius 2 is 2.07 bits per heavy atom. The molecule has 0 aliphatic heterocycles. The van der Waals surface area contributed by atoms with E-state index in [1.165, 1.54) is 18.6 Å². The van der Waals surface area contributed by atoms with Gasteiger partial charge in [-0.3, -0.25) is 19.1 Å². The van der Waals surface area contributed by atoms with Crippen LogP contribution in [0.3, 0.4) is 0 Å². The van der Waals surface area contributed by atoms with Crippen LogP contribution in [-0.2, 0) is 11.3 Å². The van der Waals surface area contributed by atoms with Gasteiger partial charge in [0.15, 0.2) is 11.5 Å². The highest BCUT2D eigenvalue weighted by atomic mass is 19.1. The number of carbonyl (C=O) groups excluding carboxylic acids is 1. The fraction of sp³-hybridized carbons (Fsp3) is 0.100. The van der Waals surface area contributed by atoms with Gasteiger partial charge in [-0.25, -0.2) is 19.3 Å². The zero-order valence-electron chi connectivity index (χ0n) is 15.3. The fourth-order valence-corrected chi connectivity index (χ4v) is 2.73. The van der Waals surface area contributed by atoms with Crippen molar-refractivity contribution in [3.05, 3.63) is 77.0 Å². The third-order valence-electron chi connectivity index (χ3n) is 4.27. The van der Waals surface area contributed by atoms with E-state index in [4.69, 9.17) is 0 Å². The van der Waals surface area contributed by atoms with Crippen LogP contribution in [0.5, 0.6) is 0 Å². The molecule has 0 aliphatic carbocycles. The lowest BCUT2D eigenvalue weighted by Gasteiger charge is -2.09. The zero-order valence-corrected chi connectivity index (χ0v) is 15.3. The van der Waals surface area contributed by atoms with E-state index in [-0.39, 0.29) is 17.6 Å². The maximum atomic E-state index is 13.6. The molecule has 0 saturated heterocycles. The van der Waals surface area contributed by atoms with Crippen LogP contribution in [0.15, 0.2) is 60.0 Å². The summed E-state index contributed by atoms with van der Waals surface area (Å²) < 4.78 is 14.8. The first kappa shape index (κ1) is 18.4. The number of rotatable bonds is 4. The molecular formula is C20H15FN6O2. The number of aromatic nitrogens is 5. The van der Waals surface area contributed by atoms with E-state index in [0.29, 0.717) is 22.6 Å². The van der Waals surface area contributed by atoms with Gasteiger partial charge in [-0.05, 0) is 36.8 Å². The van der Waals surface area contributed by atoms with E-state index < -0.39 is 17.3 Å². The van der Waals surface area contributed by atoms with Crippen molar-refractivity contribution >= 4 is 22.6 Å². The summed E-state index contributed by atoms with van der Waals surface area (Å²) in [6, 6.07) is 7.93. The van der Waals surface area contributed by atoms with Gasteiger partial charge in [0, 0.05) is 29.8 Å². The van der Waals surface area contributed by atoms with Crippen molar-refractivity contribution in [3.63, 3.8) is 0 Å². The Morgan fingerprint density at radius 1 is 1.21 bits per heavy atom. The topological polar surface area (TPSA) is 103 Å². The molecule has 0 atom stereocenters. The molecule has 29 heavy (non-hydrogen) atoms. The van der Waals surface area contributed by atoms with Gasteiger partial charge in [-0.15, -0.1) is 0 Å². The van der Waals surface area contributed by atoms with Crippen LogP contribution in [0.25, 0.3) is 22.4 Å². The number of aryl methyl sites for hydroxylation is 1. The molecule has 3 aromatic heterocycles. The second kappa shape index (κ2) is 7.55. The number of nitrogens with one attached hydrogen (secondary N) is 1. The third kappa shape index (κ3) is 3.84. The lowest BCUT2D eigenvalue weighted by atomic mass is 10.2. The highest BCUT2D eigenvalue weighted by Crippen LogP contribution is 2.15. The number of carbonyl (C=O) groups is 1. The summed E-state index contributed by atoms with van der Waals surface area (Å²) in [7, 11) is 0. The molecule has 3 heterocycles. The molecule has 0 spiro atoms. The van der Waals surface area contributed by atoms with Gasteiger partial charge in [0.25, 0.3) is 5.56 Å². The van der Waals surface area contributed by atoms with Crippen LogP contribution in [0.2, 0.25) is 0 Å². The highest BCUT2D eigenvalue weighted by Gasteiger charge is 2.12. The quantitative estimate of drug-likeness (QED) is 0.574. The van der Waals surface area contributed by atoms with Crippen molar-refractivity contribution in [3.8, 4) is 11.4 Å². The van der Waals surface area contributed by atoms with Gasteiger partial charge in [0.1, 0.15) is 24.1 Å². The second-order valence-corrected chi connectivity index (χ2v) is 6.36. The summed E-state index contributed by atoms with van der Waals surface area (Å²) in [6.45, 7) is 1.35. The standard InChI is InChI=1S/C20H15FN6O2/c1-12-4-5-14(7-16(12)21)25-17(28)10-27-11-24-19-15(20(27)29)9-23-18(26-19)13-3-2-6-22-8-13/h2-9,11H,10H2,1H3,(H,25,28). The SMILES string of the molecule is Cc1ccc(NC(=O)Cn2cnc3nc(-c4cccnc4)ncc3c2=O)cc1F. The summed E-state index contributed by atoms with van der Waals surface area (Å²) in [6.07, 6.45) is 5.88. The molecule has 4 rings (SSSR count). The Morgan fingerprint density at radius 3 is 2.83 bits per heavy atom. The fourth-order valence-electron chi connectivity index (χ4n) is 2.73. The molecule has 1 aromatic carbocycles. The minimum atomic E-state index is -0.482. The number of hydrogen-bond acceptors (Lipinski definition) is 6. The predicted molar refractivity (Wildman–Crippen MR) is 105 cm³/mol. The van der Waals surface area contributed by atoms with Crippen molar-refractivity contribution in [2.75, 3.05) is 5.32 Å². The maximum absolute atomic E-state index is 13.6. The van der Waals surface area contributed by atoms with Crippen LogP contribution in [0.4, 0.5) is 10.1 Å². The molecule has 0 saturated carbocycles. The Labute approximate surface area is 164 Å². The number of pyridine rings is 1. The Kier molecular flexibility index (Phi) is 4.78. The molecule has 144 valence electrons. The average Bonchev–Trinajstić information content (AvgIpc) is 2.73. The lowest BCUT2D eigenvalue weighted by molar-refractivity contribution is -0.116. The van der Waals surface area contributed by atoms with Gasteiger partial charge in [0.2, 0.25) is 5.91 Å². The molecule has 0 aliphatic rings. The summed E-state index contributed by atoms with van der Waals surface area (Å²) in [4.78, 5) is 41.6. The summed E-state index contributed by atoms with van der Waals surface area (Å²) in [5, 5.41) is 2.75. The van der Waals surface area contributed by atoms with Crippen molar-refractivity contribution < 1.29 is 9.18 Å². The number of anilines is 1. The number of benzene rings is 1. The molecule has 0 unspecified atom stereocenters. The maximum Gasteiger partial charge on any atom is 0.264 e. The van der Waals surface area contributed by atoms with Gasteiger partial charge in [-0.1, -0.05) is 6.07 Å². The van der Waals surface area contributed by atoms with Gasteiger partial charge < -0.3 is 5.32 Å². The minimum absolute atomic E-state index is 0.189. The van der Waals surface area contributed by atoms with Gasteiger partial charge >= 0.3 is 0 Å². The molecule has 1 N–H and O–H groups in total. The predicted octanol–water partition coefficient (Wildman–Crippen LogP) is 2.33. The van der Waals surface area contributed by atoms with Gasteiger partial charge in [-0.2, -0.15) is 0 Å². The first-order chi connectivity index (χ1) is 14.0. The molecule has 0 fully saturated rings. The Hall–Kier alpha value is -4.01. The Balaban J connectivity index is 1.58. The van der Waals surface area contributed by atoms with Crippen LogP contribution < -0.4 is 10.9 Å². The van der Waals surface area contributed by atoms with Crippen molar-refractivity contribution in [2.24, 2.45) is 0 Å². The number of halogens is 1. The summed E-state index contributed by atoms with van der Waals surface area (Å²) >= 11 is 0. The minimum Gasteiger partial charge on any atom is -0.324 e. The molecule has 4 aromatic rings. The zero-order chi connectivity index (χ0) is 20.4. The largest absolute Gasteiger partial charge is 0.324 e. The number of fused-ring (bicyclic) bond motifs is 1. The highest BCUT2D eigenvalue weighted by molar-refractivity contribution is 5.90.